The maximum Gasteiger partial charge on any atom is 0.253 e. The Balaban J connectivity index is 1.48. The average Bonchev–Trinajstić information content (AvgIpc) is 3.12. The highest BCUT2D eigenvalue weighted by molar-refractivity contribution is 5.99. The number of aromatic nitrogens is 1. The number of rotatable bonds is 4. The standard InChI is InChI=1S/C26H36N4O/c1-3-13-30-24-5-4-20(26(31)28-14-8-19(2)9-15-28)17-22(24)23-18-29(16-10-25(23)30)21-6-11-27-12-7-21/h3-5,17,19,21,27H,1,6-16,18H2,2H3. The smallest absolute Gasteiger partial charge is 0.253 e. The second-order valence-electron chi connectivity index (χ2n) is 9.73. The van der Waals surface area contributed by atoms with Crippen molar-refractivity contribution in [3.05, 3.63) is 47.7 Å². The van der Waals surface area contributed by atoms with E-state index in [1.807, 2.05) is 12.1 Å². The minimum absolute atomic E-state index is 0.199. The van der Waals surface area contributed by atoms with Crippen LogP contribution in [-0.4, -0.2) is 59.0 Å². The number of hydrogen-bond acceptors (Lipinski definition) is 3. The average molecular weight is 421 g/mol. The topological polar surface area (TPSA) is 40.5 Å². The van der Waals surface area contributed by atoms with Gasteiger partial charge in [0.05, 0.1) is 0 Å². The number of benzene rings is 1. The van der Waals surface area contributed by atoms with E-state index in [2.05, 4.69) is 45.3 Å². The van der Waals surface area contributed by atoms with Crippen molar-refractivity contribution in [3.63, 3.8) is 0 Å². The van der Waals surface area contributed by atoms with Crippen LogP contribution in [0.1, 0.15) is 54.2 Å². The van der Waals surface area contributed by atoms with E-state index in [1.165, 1.54) is 35.0 Å². The number of allylic oxidation sites excluding steroid dienone is 1. The van der Waals surface area contributed by atoms with E-state index < -0.39 is 0 Å². The number of carbonyl (C=O) groups excluding carboxylic acids is 1. The Hall–Kier alpha value is -2.11. The number of amides is 1. The fraction of sp³-hybridized carbons (Fsp3) is 0.577. The fourth-order valence-electron chi connectivity index (χ4n) is 5.82. The first-order valence-corrected chi connectivity index (χ1v) is 12.1. The molecule has 2 saturated heterocycles. The Morgan fingerprint density at radius 1 is 1.16 bits per heavy atom. The van der Waals surface area contributed by atoms with Gasteiger partial charge in [-0.3, -0.25) is 9.69 Å². The van der Waals surface area contributed by atoms with Crippen LogP contribution < -0.4 is 5.32 Å². The second kappa shape index (κ2) is 8.79. The van der Waals surface area contributed by atoms with Crippen LogP contribution >= 0.6 is 0 Å². The summed E-state index contributed by atoms with van der Waals surface area (Å²) in [5, 5.41) is 4.76. The first kappa shape index (κ1) is 20.8. The molecule has 1 aromatic carbocycles. The van der Waals surface area contributed by atoms with Crippen molar-refractivity contribution in [3.8, 4) is 0 Å². The zero-order chi connectivity index (χ0) is 21.4. The molecule has 1 amide bonds. The van der Waals surface area contributed by atoms with E-state index in [0.717, 1.165) is 76.6 Å². The minimum Gasteiger partial charge on any atom is -0.340 e. The maximum atomic E-state index is 13.2. The highest BCUT2D eigenvalue weighted by Gasteiger charge is 2.29. The summed E-state index contributed by atoms with van der Waals surface area (Å²) in [4.78, 5) is 18.0. The number of hydrogen-bond donors (Lipinski definition) is 1. The number of nitrogens with zero attached hydrogens (tertiary/aromatic N) is 3. The number of piperidine rings is 2. The first-order chi connectivity index (χ1) is 15.2. The SMILES string of the molecule is C=CCn1c2c(c3cc(C(=O)N4CCC(C)CC4)ccc31)CN(C1CCNCC1)CC2. The third kappa shape index (κ3) is 3.94. The monoisotopic (exact) mass is 420 g/mol. The van der Waals surface area contributed by atoms with Gasteiger partial charge in [-0.1, -0.05) is 13.0 Å². The van der Waals surface area contributed by atoms with Gasteiger partial charge in [-0.25, -0.2) is 0 Å². The lowest BCUT2D eigenvalue weighted by molar-refractivity contribution is 0.0697. The molecule has 2 aromatic rings. The highest BCUT2D eigenvalue weighted by atomic mass is 16.2. The summed E-state index contributed by atoms with van der Waals surface area (Å²) < 4.78 is 2.42. The van der Waals surface area contributed by atoms with Crippen LogP contribution in [0, 0.1) is 5.92 Å². The zero-order valence-corrected chi connectivity index (χ0v) is 18.9. The molecule has 4 heterocycles. The van der Waals surface area contributed by atoms with Crippen molar-refractivity contribution in [1.82, 2.24) is 19.7 Å². The molecule has 31 heavy (non-hydrogen) atoms. The summed E-state index contributed by atoms with van der Waals surface area (Å²) in [7, 11) is 0. The van der Waals surface area contributed by atoms with Crippen molar-refractivity contribution in [2.45, 2.75) is 58.2 Å². The molecule has 5 rings (SSSR count). The number of fused-ring (bicyclic) bond motifs is 3. The Labute approximate surface area is 186 Å². The molecular formula is C26H36N4O. The molecule has 166 valence electrons. The van der Waals surface area contributed by atoms with Crippen LogP contribution in [0.25, 0.3) is 10.9 Å². The van der Waals surface area contributed by atoms with Crippen LogP contribution in [0.15, 0.2) is 30.9 Å². The normalized spacial score (nSPS) is 21.4. The molecule has 0 aliphatic carbocycles. The lowest BCUT2D eigenvalue weighted by Gasteiger charge is -2.37. The molecule has 0 radical (unpaired) electrons. The summed E-state index contributed by atoms with van der Waals surface area (Å²) in [6.45, 7) is 13.3. The summed E-state index contributed by atoms with van der Waals surface area (Å²) in [5.41, 5.74) is 4.97. The largest absolute Gasteiger partial charge is 0.340 e. The molecule has 3 aliphatic rings. The molecule has 0 spiro atoms. The maximum absolute atomic E-state index is 13.2. The van der Waals surface area contributed by atoms with Crippen molar-refractivity contribution in [2.75, 3.05) is 32.7 Å². The van der Waals surface area contributed by atoms with Gasteiger partial charge in [0, 0.05) is 67.3 Å². The van der Waals surface area contributed by atoms with E-state index in [9.17, 15) is 4.79 Å². The Kier molecular flexibility index (Phi) is 5.89. The predicted octanol–water partition coefficient (Wildman–Crippen LogP) is 3.81. The summed E-state index contributed by atoms with van der Waals surface area (Å²) in [6.07, 6.45) is 7.77. The molecule has 5 nitrogen and oxygen atoms in total. The molecule has 2 fully saturated rings. The lowest BCUT2D eigenvalue weighted by atomic mass is 9.97. The number of likely N-dealkylation sites (tertiary alicyclic amines) is 1. The van der Waals surface area contributed by atoms with Crippen LogP contribution in [-0.2, 0) is 19.5 Å². The van der Waals surface area contributed by atoms with Crippen molar-refractivity contribution >= 4 is 16.8 Å². The molecule has 0 bridgehead atoms. The van der Waals surface area contributed by atoms with Gasteiger partial charge < -0.3 is 14.8 Å². The molecule has 0 unspecified atom stereocenters. The van der Waals surface area contributed by atoms with Gasteiger partial charge in [0.2, 0.25) is 0 Å². The van der Waals surface area contributed by atoms with Crippen molar-refractivity contribution < 1.29 is 4.79 Å². The molecule has 0 saturated carbocycles. The molecule has 5 heteroatoms. The fourth-order valence-corrected chi connectivity index (χ4v) is 5.82. The van der Waals surface area contributed by atoms with Gasteiger partial charge in [-0.2, -0.15) is 0 Å². The lowest BCUT2D eigenvalue weighted by Crippen LogP contribution is -2.45. The zero-order valence-electron chi connectivity index (χ0n) is 18.9. The van der Waals surface area contributed by atoms with Gasteiger partial charge >= 0.3 is 0 Å². The van der Waals surface area contributed by atoms with E-state index in [4.69, 9.17) is 0 Å². The third-order valence-electron chi connectivity index (χ3n) is 7.74. The molecule has 0 atom stereocenters. The van der Waals surface area contributed by atoms with E-state index in [1.54, 1.807) is 0 Å². The van der Waals surface area contributed by atoms with E-state index >= 15 is 0 Å². The van der Waals surface area contributed by atoms with Crippen LogP contribution in [0.2, 0.25) is 0 Å². The second-order valence-corrected chi connectivity index (χ2v) is 9.73. The third-order valence-corrected chi connectivity index (χ3v) is 7.74. The van der Waals surface area contributed by atoms with Gasteiger partial charge in [-0.05, 0) is 68.5 Å². The van der Waals surface area contributed by atoms with E-state index in [0.29, 0.717) is 6.04 Å². The molecule has 1 aromatic heterocycles. The Morgan fingerprint density at radius 3 is 2.68 bits per heavy atom. The van der Waals surface area contributed by atoms with Crippen molar-refractivity contribution in [1.29, 1.82) is 0 Å². The van der Waals surface area contributed by atoms with Gasteiger partial charge in [0.15, 0.2) is 0 Å². The highest BCUT2D eigenvalue weighted by Crippen LogP contribution is 2.34. The van der Waals surface area contributed by atoms with Crippen LogP contribution in [0.3, 0.4) is 0 Å². The van der Waals surface area contributed by atoms with E-state index in [-0.39, 0.29) is 5.91 Å². The molecule has 3 aliphatic heterocycles. The van der Waals surface area contributed by atoms with Gasteiger partial charge in [-0.15, -0.1) is 6.58 Å². The summed E-state index contributed by atoms with van der Waals surface area (Å²) in [5.74, 6) is 0.928. The number of carbonyl (C=O) groups is 1. The Bertz CT molecular complexity index is 963. The first-order valence-electron chi connectivity index (χ1n) is 12.1. The van der Waals surface area contributed by atoms with Crippen molar-refractivity contribution in [2.24, 2.45) is 5.92 Å². The van der Waals surface area contributed by atoms with Crippen LogP contribution in [0.4, 0.5) is 0 Å². The summed E-state index contributed by atoms with van der Waals surface area (Å²) in [6, 6.07) is 7.07. The minimum atomic E-state index is 0.199. The van der Waals surface area contributed by atoms with Crippen LogP contribution in [0.5, 0.6) is 0 Å². The predicted molar refractivity (Wildman–Crippen MR) is 126 cm³/mol. The quantitative estimate of drug-likeness (QED) is 0.765. The Morgan fingerprint density at radius 2 is 1.94 bits per heavy atom. The number of nitrogens with one attached hydrogen (secondary N) is 1. The summed E-state index contributed by atoms with van der Waals surface area (Å²) >= 11 is 0. The van der Waals surface area contributed by atoms with Gasteiger partial charge in [0.1, 0.15) is 0 Å². The molecular weight excluding hydrogens is 384 g/mol. The van der Waals surface area contributed by atoms with Gasteiger partial charge in [0.25, 0.3) is 5.91 Å². The molecule has 1 N–H and O–H groups in total.